The van der Waals surface area contributed by atoms with Gasteiger partial charge in [0.05, 0.1) is 17.9 Å². The highest BCUT2D eigenvalue weighted by molar-refractivity contribution is 6.16. The molecule has 20 heavy (non-hydrogen) atoms. The summed E-state index contributed by atoms with van der Waals surface area (Å²) in [5.74, 6) is 0.694. The number of hydrogen-bond acceptors (Lipinski definition) is 3. The third-order valence-electron chi connectivity index (χ3n) is 3.05. The number of furan rings is 1. The number of carbonyl (C=O) groups excluding carboxylic acids is 1. The third kappa shape index (κ3) is 2.20. The van der Waals surface area contributed by atoms with Crippen LogP contribution in [-0.4, -0.2) is 16.9 Å². The first-order valence-corrected chi connectivity index (χ1v) is 6.50. The molecule has 3 rings (SSSR count). The molecule has 0 aliphatic heterocycles. The van der Waals surface area contributed by atoms with Gasteiger partial charge in [0, 0.05) is 22.7 Å². The Morgan fingerprint density at radius 3 is 2.85 bits per heavy atom. The number of benzene rings is 1. The Kier molecular flexibility index (Phi) is 3.06. The topological polar surface area (TPSA) is 55.2 Å². The molecule has 0 bridgehead atoms. The molecule has 0 spiro atoms. The highest BCUT2D eigenvalue weighted by Gasteiger charge is 2.15. The van der Waals surface area contributed by atoms with Crippen molar-refractivity contribution in [3.63, 3.8) is 0 Å². The van der Waals surface area contributed by atoms with Gasteiger partial charge in [-0.15, -0.1) is 0 Å². The van der Waals surface area contributed by atoms with Crippen LogP contribution < -0.4 is 4.74 Å². The molecule has 102 valence electrons. The van der Waals surface area contributed by atoms with Crippen LogP contribution in [0.1, 0.15) is 29.8 Å². The minimum Gasteiger partial charge on any atom is -0.491 e. The summed E-state index contributed by atoms with van der Waals surface area (Å²) in [4.78, 5) is 15.5. The van der Waals surface area contributed by atoms with Crippen molar-refractivity contribution >= 4 is 16.7 Å². The lowest BCUT2D eigenvalue weighted by Gasteiger charge is -2.09. The van der Waals surface area contributed by atoms with Crippen molar-refractivity contribution in [2.45, 2.75) is 20.0 Å². The van der Waals surface area contributed by atoms with E-state index in [2.05, 4.69) is 4.98 Å². The number of carbonyl (C=O) groups is 1. The number of hydrogen-bond donors (Lipinski definition) is 1. The molecule has 0 unspecified atom stereocenters. The summed E-state index contributed by atoms with van der Waals surface area (Å²) in [6.07, 6.45) is 4.77. The van der Waals surface area contributed by atoms with Gasteiger partial charge in [-0.1, -0.05) is 0 Å². The fourth-order valence-corrected chi connectivity index (χ4v) is 2.18. The molecule has 3 aromatic rings. The highest BCUT2D eigenvalue weighted by atomic mass is 16.5. The van der Waals surface area contributed by atoms with Crippen molar-refractivity contribution in [2.24, 2.45) is 0 Å². The smallest absolute Gasteiger partial charge is 0.198 e. The van der Waals surface area contributed by atoms with Crippen LogP contribution in [0.25, 0.3) is 10.9 Å². The van der Waals surface area contributed by atoms with E-state index in [4.69, 9.17) is 9.15 Å². The summed E-state index contributed by atoms with van der Waals surface area (Å²) < 4.78 is 10.6. The lowest BCUT2D eigenvalue weighted by molar-refractivity contribution is 0.103. The first-order chi connectivity index (χ1) is 9.65. The highest BCUT2D eigenvalue weighted by Crippen LogP contribution is 2.26. The standard InChI is InChI=1S/C16H15NO3/c1-10(2)20-12-3-4-15-13(7-12)14(8-17-15)16(18)11-5-6-19-9-11/h3-10,17H,1-2H3. The lowest BCUT2D eigenvalue weighted by Crippen LogP contribution is -2.05. The second-order valence-electron chi connectivity index (χ2n) is 4.92. The predicted octanol–water partition coefficient (Wildman–Crippen LogP) is 3.78. The largest absolute Gasteiger partial charge is 0.491 e. The fourth-order valence-electron chi connectivity index (χ4n) is 2.18. The molecule has 1 N–H and O–H groups in total. The number of nitrogens with one attached hydrogen (secondary N) is 1. The molecular weight excluding hydrogens is 254 g/mol. The monoisotopic (exact) mass is 269 g/mol. The summed E-state index contributed by atoms with van der Waals surface area (Å²) in [6, 6.07) is 7.36. The first kappa shape index (κ1) is 12.5. The van der Waals surface area contributed by atoms with Crippen LogP contribution in [0, 0.1) is 0 Å². The van der Waals surface area contributed by atoms with Crippen LogP contribution >= 0.6 is 0 Å². The molecule has 2 heterocycles. The third-order valence-corrected chi connectivity index (χ3v) is 3.05. The first-order valence-electron chi connectivity index (χ1n) is 6.50. The van der Waals surface area contributed by atoms with Gasteiger partial charge in [0.1, 0.15) is 12.0 Å². The normalized spacial score (nSPS) is 11.2. The van der Waals surface area contributed by atoms with Gasteiger partial charge < -0.3 is 14.1 Å². The van der Waals surface area contributed by atoms with E-state index in [1.807, 2.05) is 32.0 Å². The molecule has 0 atom stereocenters. The number of fused-ring (bicyclic) bond motifs is 1. The van der Waals surface area contributed by atoms with Crippen LogP contribution in [0.3, 0.4) is 0 Å². The molecule has 0 aliphatic rings. The predicted molar refractivity (Wildman–Crippen MR) is 76.2 cm³/mol. The second kappa shape index (κ2) is 4.89. The minimum atomic E-state index is -0.0632. The van der Waals surface area contributed by atoms with Crippen LogP contribution in [-0.2, 0) is 0 Å². The molecular formula is C16H15NO3. The Hall–Kier alpha value is -2.49. The summed E-state index contributed by atoms with van der Waals surface area (Å²) >= 11 is 0. The number of ketones is 1. The SMILES string of the molecule is CC(C)Oc1ccc2[nH]cc(C(=O)c3ccoc3)c2c1. The molecule has 0 amide bonds. The van der Waals surface area contributed by atoms with E-state index in [-0.39, 0.29) is 11.9 Å². The van der Waals surface area contributed by atoms with Crippen LogP contribution in [0.5, 0.6) is 5.75 Å². The van der Waals surface area contributed by atoms with E-state index in [1.54, 1.807) is 12.3 Å². The van der Waals surface area contributed by atoms with Gasteiger partial charge in [0.15, 0.2) is 5.78 Å². The minimum absolute atomic E-state index is 0.0632. The Morgan fingerprint density at radius 2 is 2.15 bits per heavy atom. The Balaban J connectivity index is 2.05. The van der Waals surface area contributed by atoms with Gasteiger partial charge in [0.2, 0.25) is 0 Å². The second-order valence-corrected chi connectivity index (χ2v) is 4.92. The molecule has 0 aliphatic carbocycles. The molecule has 1 aromatic carbocycles. The number of ether oxygens (including phenoxy) is 1. The summed E-state index contributed by atoms with van der Waals surface area (Å²) in [5.41, 5.74) is 2.07. The van der Waals surface area contributed by atoms with Crippen molar-refractivity contribution in [3.8, 4) is 5.75 Å². The summed E-state index contributed by atoms with van der Waals surface area (Å²) in [6.45, 7) is 3.94. The quantitative estimate of drug-likeness (QED) is 0.733. The summed E-state index contributed by atoms with van der Waals surface area (Å²) in [5, 5.41) is 0.856. The van der Waals surface area contributed by atoms with E-state index < -0.39 is 0 Å². The van der Waals surface area contributed by atoms with Gasteiger partial charge in [-0.2, -0.15) is 0 Å². The maximum atomic E-state index is 12.4. The number of aromatic amines is 1. The maximum Gasteiger partial charge on any atom is 0.198 e. The molecule has 2 aromatic heterocycles. The zero-order chi connectivity index (χ0) is 14.1. The fraction of sp³-hybridized carbons (Fsp3) is 0.188. The van der Waals surface area contributed by atoms with Gasteiger partial charge in [-0.25, -0.2) is 0 Å². The van der Waals surface area contributed by atoms with Crippen molar-refractivity contribution in [1.82, 2.24) is 4.98 Å². The van der Waals surface area contributed by atoms with Gasteiger partial charge in [-0.05, 0) is 38.1 Å². The Morgan fingerprint density at radius 1 is 1.30 bits per heavy atom. The number of H-pyrrole nitrogens is 1. The summed E-state index contributed by atoms with van der Waals surface area (Å²) in [7, 11) is 0. The van der Waals surface area contributed by atoms with E-state index in [9.17, 15) is 4.79 Å². The van der Waals surface area contributed by atoms with Crippen LogP contribution in [0.15, 0.2) is 47.4 Å². The molecule has 0 saturated carbocycles. The van der Waals surface area contributed by atoms with E-state index in [0.29, 0.717) is 11.1 Å². The molecule has 0 fully saturated rings. The van der Waals surface area contributed by atoms with Crippen molar-refractivity contribution in [3.05, 3.63) is 54.1 Å². The van der Waals surface area contributed by atoms with E-state index in [1.165, 1.54) is 12.5 Å². The average Bonchev–Trinajstić information content (AvgIpc) is 3.06. The average molecular weight is 269 g/mol. The molecule has 0 radical (unpaired) electrons. The van der Waals surface area contributed by atoms with Crippen molar-refractivity contribution < 1.29 is 13.9 Å². The van der Waals surface area contributed by atoms with E-state index >= 15 is 0 Å². The zero-order valence-corrected chi connectivity index (χ0v) is 11.3. The maximum absolute atomic E-state index is 12.4. The van der Waals surface area contributed by atoms with Crippen LogP contribution in [0.2, 0.25) is 0 Å². The number of aromatic nitrogens is 1. The van der Waals surface area contributed by atoms with Gasteiger partial charge >= 0.3 is 0 Å². The molecule has 4 nitrogen and oxygen atoms in total. The lowest BCUT2D eigenvalue weighted by atomic mass is 10.1. The van der Waals surface area contributed by atoms with Crippen molar-refractivity contribution in [1.29, 1.82) is 0 Å². The molecule has 4 heteroatoms. The van der Waals surface area contributed by atoms with Gasteiger partial charge in [-0.3, -0.25) is 4.79 Å². The zero-order valence-electron chi connectivity index (χ0n) is 11.3. The van der Waals surface area contributed by atoms with Gasteiger partial charge in [0.25, 0.3) is 0 Å². The number of rotatable bonds is 4. The molecule has 0 saturated heterocycles. The Bertz CT molecular complexity index is 738. The van der Waals surface area contributed by atoms with E-state index in [0.717, 1.165) is 16.7 Å². The van der Waals surface area contributed by atoms with Crippen molar-refractivity contribution in [2.75, 3.05) is 0 Å². The Labute approximate surface area is 116 Å². The van der Waals surface area contributed by atoms with Crippen LogP contribution in [0.4, 0.5) is 0 Å².